The van der Waals surface area contributed by atoms with Gasteiger partial charge in [0.1, 0.15) is 11.9 Å². The van der Waals surface area contributed by atoms with Crippen molar-refractivity contribution < 1.29 is 9.59 Å². The molecule has 2 fully saturated rings. The van der Waals surface area contributed by atoms with Crippen LogP contribution in [0.25, 0.3) is 0 Å². The van der Waals surface area contributed by atoms with Gasteiger partial charge in [-0.3, -0.25) is 14.7 Å². The molecule has 1 aromatic carbocycles. The number of piperidine rings is 1. The first-order chi connectivity index (χ1) is 22.1. The number of likely N-dealkylation sites (N-methyl/N-ethyl adjacent to an activating group) is 1. The van der Waals surface area contributed by atoms with E-state index in [4.69, 9.17) is 10.1 Å². The van der Waals surface area contributed by atoms with Crippen LogP contribution in [0, 0.1) is 17.2 Å². The van der Waals surface area contributed by atoms with Crippen molar-refractivity contribution in [1.29, 1.82) is 5.26 Å². The summed E-state index contributed by atoms with van der Waals surface area (Å²) in [6.45, 7) is 12.9. The third-order valence-corrected chi connectivity index (χ3v) is 10.3. The summed E-state index contributed by atoms with van der Waals surface area (Å²) in [7, 11) is 3.53. The Labute approximate surface area is 272 Å². The number of rotatable bonds is 12. The lowest BCUT2D eigenvalue weighted by Gasteiger charge is -2.37. The maximum Gasteiger partial charge on any atom is 0.251 e. The van der Waals surface area contributed by atoms with Crippen molar-refractivity contribution in [2.24, 2.45) is 5.92 Å². The Morgan fingerprint density at radius 2 is 2.02 bits per heavy atom. The maximum atomic E-state index is 13.4. The van der Waals surface area contributed by atoms with Crippen LogP contribution in [-0.2, 0) is 23.1 Å². The molecule has 1 aliphatic heterocycles. The highest BCUT2D eigenvalue weighted by Crippen LogP contribution is 2.49. The van der Waals surface area contributed by atoms with Gasteiger partial charge in [-0.1, -0.05) is 38.1 Å². The van der Waals surface area contributed by atoms with E-state index in [0.29, 0.717) is 30.1 Å². The van der Waals surface area contributed by atoms with Gasteiger partial charge < -0.3 is 20.9 Å². The van der Waals surface area contributed by atoms with E-state index in [1.165, 1.54) is 5.57 Å². The van der Waals surface area contributed by atoms with E-state index in [1.54, 1.807) is 11.9 Å². The molecule has 3 aliphatic rings. The predicted molar refractivity (Wildman–Crippen MR) is 179 cm³/mol. The van der Waals surface area contributed by atoms with Crippen molar-refractivity contribution in [3.05, 3.63) is 81.6 Å². The molecule has 0 spiro atoms. The molecule has 0 bridgehead atoms. The third-order valence-electron chi connectivity index (χ3n) is 10.3. The van der Waals surface area contributed by atoms with E-state index >= 15 is 0 Å². The van der Waals surface area contributed by atoms with Crippen molar-refractivity contribution in [2.75, 3.05) is 20.6 Å². The highest BCUT2D eigenvalue weighted by atomic mass is 16.2. The number of aromatic amines is 1. The third kappa shape index (κ3) is 6.13. The van der Waals surface area contributed by atoms with E-state index in [-0.39, 0.29) is 36.5 Å². The monoisotopic (exact) mass is 624 g/mol. The molecule has 0 radical (unpaired) electrons. The maximum absolute atomic E-state index is 13.4. The van der Waals surface area contributed by atoms with Gasteiger partial charge in [-0.2, -0.15) is 10.4 Å². The largest absolute Gasteiger partial charge is 0.388 e. The summed E-state index contributed by atoms with van der Waals surface area (Å²) in [5.74, 6) is 1.81. The number of nitrogens with one attached hydrogen (secondary N) is 4. The van der Waals surface area contributed by atoms with Gasteiger partial charge in [-0.15, -0.1) is 0 Å². The number of amides is 2. The average molecular weight is 625 g/mol. The summed E-state index contributed by atoms with van der Waals surface area (Å²) in [5.41, 5.74) is 6.34. The summed E-state index contributed by atoms with van der Waals surface area (Å²) >= 11 is 0. The van der Waals surface area contributed by atoms with Gasteiger partial charge in [0.05, 0.1) is 18.0 Å². The number of carbonyl (C=O) groups excluding carboxylic acids is 2. The molecule has 46 heavy (non-hydrogen) atoms. The van der Waals surface area contributed by atoms with Crippen molar-refractivity contribution in [3.8, 4) is 6.07 Å². The summed E-state index contributed by atoms with van der Waals surface area (Å²) in [6, 6.07) is 8.05. The van der Waals surface area contributed by atoms with E-state index in [1.807, 2.05) is 19.2 Å². The molecular formula is C36H48N8O2. The van der Waals surface area contributed by atoms with Crippen LogP contribution in [0.4, 0.5) is 0 Å². The van der Waals surface area contributed by atoms with Crippen molar-refractivity contribution in [3.63, 3.8) is 0 Å². The molecule has 2 aromatic rings. The first-order valence-electron chi connectivity index (χ1n) is 16.6. The minimum absolute atomic E-state index is 0.0193. The number of allylic oxidation sites excluding steroid dienone is 4. The molecule has 5 atom stereocenters. The van der Waals surface area contributed by atoms with Crippen LogP contribution in [0.5, 0.6) is 0 Å². The Morgan fingerprint density at radius 3 is 2.67 bits per heavy atom. The van der Waals surface area contributed by atoms with Gasteiger partial charge in [0.25, 0.3) is 5.91 Å². The summed E-state index contributed by atoms with van der Waals surface area (Å²) in [5, 5.41) is 27.1. The van der Waals surface area contributed by atoms with Crippen molar-refractivity contribution in [1.82, 2.24) is 36.0 Å². The first-order valence-corrected chi connectivity index (χ1v) is 16.6. The summed E-state index contributed by atoms with van der Waals surface area (Å²) < 4.78 is 0. The van der Waals surface area contributed by atoms with Gasteiger partial charge >= 0.3 is 0 Å². The second kappa shape index (κ2) is 13.6. The lowest BCUT2D eigenvalue weighted by molar-refractivity contribution is -0.131. The number of carbonyl (C=O) groups is 2. The van der Waals surface area contributed by atoms with Crippen molar-refractivity contribution >= 4 is 11.8 Å². The van der Waals surface area contributed by atoms with Gasteiger partial charge in [-0.05, 0) is 92.7 Å². The number of likely N-dealkylation sites (tertiary alicyclic amines) is 1. The number of aromatic nitrogens is 3. The van der Waals surface area contributed by atoms with Crippen LogP contribution < -0.4 is 16.0 Å². The zero-order chi connectivity index (χ0) is 33.2. The Hall–Kier alpha value is -4.23. The molecule has 5 rings (SSSR count). The van der Waals surface area contributed by atoms with E-state index in [9.17, 15) is 14.9 Å². The Kier molecular flexibility index (Phi) is 9.82. The molecule has 244 valence electrons. The van der Waals surface area contributed by atoms with Crippen LogP contribution in [-0.4, -0.2) is 70.7 Å². The number of H-pyrrole nitrogens is 1. The number of benzene rings is 1. The fraction of sp³-hybridized carbons (Fsp3) is 0.528. The second-order valence-electron chi connectivity index (χ2n) is 12.9. The van der Waals surface area contributed by atoms with Crippen LogP contribution in [0.1, 0.15) is 92.9 Å². The molecule has 1 saturated heterocycles. The highest BCUT2D eigenvalue weighted by molar-refractivity contribution is 5.94. The van der Waals surface area contributed by atoms with Gasteiger partial charge in [0.2, 0.25) is 5.91 Å². The molecule has 10 heteroatoms. The quantitative estimate of drug-likeness (QED) is 0.259. The number of fused-ring (bicyclic) bond motifs is 2. The zero-order valence-corrected chi connectivity index (χ0v) is 28.1. The normalized spacial score (nSPS) is 24.4. The molecule has 4 N–H and O–H groups in total. The molecule has 2 amide bonds. The Morgan fingerprint density at radius 1 is 1.24 bits per heavy atom. The molecule has 1 aromatic heterocycles. The van der Waals surface area contributed by atoms with Crippen LogP contribution in [0.2, 0.25) is 0 Å². The second-order valence-corrected chi connectivity index (χ2v) is 12.9. The number of nitrogens with zero attached hydrogens (tertiary/aromatic N) is 4. The van der Waals surface area contributed by atoms with Gasteiger partial charge in [0.15, 0.2) is 5.82 Å². The topological polar surface area (TPSA) is 139 Å². The average Bonchev–Trinajstić information content (AvgIpc) is 3.50. The van der Waals surface area contributed by atoms with Crippen LogP contribution in [0.15, 0.2) is 53.3 Å². The summed E-state index contributed by atoms with van der Waals surface area (Å²) in [4.78, 5) is 33.0. The van der Waals surface area contributed by atoms with E-state index in [0.717, 1.165) is 65.9 Å². The van der Waals surface area contributed by atoms with Crippen LogP contribution in [0.3, 0.4) is 0 Å². The zero-order valence-electron chi connectivity index (χ0n) is 28.1. The minimum atomic E-state index is -0.747. The SMILES string of the molecule is C=C(NC)/C(=C/C1=C(C)C(CC(C)NCC(=O)N2C(C#N)CC3CC32)(c2n[nH]c(CC)n2)c2ccc(C(=O)NC)cc2CC1)CC. The summed E-state index contributed by atoms with van der Waals surface area (Å²) in [6.07, 6.45) is 7.67. The smallest absolute Gasteiger partial charge is 0.251 e. The Bertz CT molecular complexity index is 1610. The van der Waals surface area contributed by atoms with E-state index < -0.39 is 5.41 Å². The number of hydrogen-bond donors (Lipinski definition) is 4. The minimum Gasteiger partial charge on any atom is -0.388 e. The molecule has 2 aliphatic carbocycles. The molecular weight excluding hydrogens is 576 g/mol. The van der Waals surface area contributed by atoms with Gasteiger partial charge in [-0.25, -0.2) is 4.98 Å². The molecule has 2 heterocycles. The molecule has 10 nitrogen and oxygen atoms in total. The predicted octanol–water partition coefficient (Wildman–Crippen LogP) is 4.23. The van der Waals surface area contributed by atoms with Gasteiger partial charge in [0, 0.05) is 43.9 Å². The standard InChI is InChI=1S/C36H48N8O2/c1-8-24(23(5)38-6)14-25-10-11-26-15-27(34(46)39-7)12-13-30(26)36(22(25)4,35-41-32(9-2)42-43-35)18-21(3)40-20-33(45)44-29(19-37)16-28-17-31(28)44/h12-15,21,28-29,31,38,40H,5,8-11,16-18,20H2,1-4,6-7H3,(H,39,46)(H,41,42,43)/b24-14+. The Balaban J connectivity index is 1.61. The first kappa shape index (κ1) is 33.1. The van der Waals surface area contributed by atoms with Crippen molar-refractivity contribution in [2.45, 2.75) is 96.2 Å². The number of aryl methyl sites for hydroxylation is 2. The lowest BCUT2D eigenvalue weighted by Crippen LogP contribution is -2.46. The fourth-order valence-electron chi connectivity index (χ4n) is 7.49. The number of nitriles is 1. The number of hydrogen-bond acceptors (Lipinski definition) is 7. The lowest BCUT2D eigenvalue weighted by atomic mass is 9.67. The molecule has 1 saturated carbocycles. The molecule has 5 unspecified atom stereocenters. The van der Waals surface area contributed by atoms with E-state index in [2.05, 4.69) is 73.5 Å². The van der Waals surface area contributed by atoms with Crippen LogP contribution >= 0.6 is 0 Å². The fourth-order valence-corrected chi connectivity index (χ4v) is 7.49. The highest BCUT2D eigenvalue weighted by Gasteiger charge is 2.54.